The number of piperazine rings is 1. The zero-order chi connectivity index (χ0) is 21.8. The van der Waals surface area contributed by atoms with Crippen molar-refractivity contribution in [3.05, 3.63) is 59.9 Å². The number of aliphatic imine (C=N–C) groups is 1. The lowest BCUT2D eigenvalue weighted by molar-refractivity contribution is -0.125. The Kier molecular flexibility index (Phi) is 6.16. The third-order valence-electron chi connectivity index (χ3n) is 5.61. The van der Waals surface area contributed by atoms with E-state index in [-0.39, 0.29) is 24.1 Å². The second kappa shape index (κ2) is 9.16. The van der Waals surface area contributed by atoms with Gasteiger partial charge in [0.15, 0.2) is 0 Å². The van der Waals surface area contributed by atoms with E-state index in [1.54, 1.807) is 12.1 Å². The number of para-hydroxylation sites is 1. The molecule has 2 aliphatic heterocycles. The second-order valence-electron chi connectivity index (χ2n) is 7.69. The predicted octanol–water partition coefficient (Wildman–Crippen LogP) is 2.39. The first-order chi connectivity index (χ1) is 15.0. The molecule has 0 radical (unpaired) electrons. The Labute approximate surface area is 180 Å². The van der Waals surface area contributed by atoms with Gasteiger partial charge in [-0.05, 0) is 36.2 Å². The fourth-order valence-corrected chi connectivity index (χ4v) is 3.81. The maximum atomic E-state index is 14.1. The Morgan fingerprint density at radius 1 is 1.10 bits per heavy atom. The topological polar surface area (TPSA) is 77.0 Å². The average molecular weight is 423 g/mol. The predicted molar refractivity (Wildman–Crippen MR) is 119 cm³/mol. The van der Waals surface area contributed by atoms with Gasteiger partial charge in [-0.2, -0.15) is 0 Å². The van der Waals surface area contributed by atoms with Crippen molar-refractivity contribution in [2.75, 3.05) is 36.4 Å². The van der Waals surface area contributed by atoms with Gasteiger partial charge in [0.1, 0.15) is 11.9 Å². The molecule has 8 heteroatoms. The van der Waals surface area contributed by atoms with Gasteiger partial charge < -0.3 is 15.1 Å². The van der Waals surface area contributed by atoms with E-state index in [1.807, 2.05) is 40.1 Å². The zero-order valence-electron chi connectivity index (χ0n) is 17.5. The van der Waals surface area contributed by atoms with Crippen LogP contribution in [0.1, 0.15) is 18.9 Å². The molecule has 2 N–H and O–H groups in total. The molecule has 0 spiro atoms. The molecule has 2 aromatic carbocycles. The highest BCUT2D eigenvalue weighted by molar-refractivity contribution is 6.06. The number of hydrogen-bond acceptors (Lipinski definition) is 5. The molecule has 4 rings (SSSR count). The van der Waals surface area contributed by atoms with Crippen molar-refractivity contribution in [1.29, 1.82) is 0 Å². The van der Waals surface area contributed by atoms with Crippen LogP contribution in [0.15, 0.2) is 53.5 Å². The number of amides is 2. The number of benzene rings is 2. The smallest absolute Gasteiger partial charge is 0.249 e. The lowest BCUT2D eigenvalue weighted by Crippen LogP contribution is -2.56. The molecule has 0 unspecified atom stereocenters. The normalized spacial score (nSPS) is 19.0. The van der Waals surface area contributed by atoms with Gasteiger partial charge in [-0.1, -0.05) is 31.2 Å². The summed E-state index contributed by atoms with van der Waals surface area (Å²) in [5.74, 6) is -0.376. The maximum absolute atomic E-state index is 14.1. The molecule has 7 nitrogen and oxygen atoms in total. The highest BCUT2D eigenvalue weighted by atomic mass is 19.1. The Morgan fingerprint density at radius 3 is 2.45 bits per heavy atom. The van der Waals surface area contributed by atoms with Crippen LogP contribution in [0.5, 0.6) is 0 Å². The Bertz CT molecular complexity index is 984. The first kappa shape index (κ1) is 20.8. The number of nitrogens with one attached hydrogen (secondary N) is 2. The minimum absolute atomic E-state index is 0.0115. The van der Waals surface area contributed by atoms with Gasteiger partial charge in [0, 0.05) is 31.9 Å². The van der Waals surface area contributed by atoms with Gasteiger partial charge in [-0.15, -0.1) is 0 Å². The van der Waals surface area contributed by atoms with E-state index in [0.29, 0.717) is 43.5 Å². The summed E-state index contributed by atoms with van der Waals surface area (Å²) in [5.41, 5.74) is 2.44. The van der Waals surface area contributed by atoms with Gasteiger partial charge in [-0.3, -0.25) is 14.9 Å². The third-order valence-corrected chi connectivity index (χ3v) is 5.61. The summed E-state index contributed by atoms with van der Waals surface area (Å²) in [6.07, 6.45) is 0.937. The van der Waals surface area contributed by atoms with Crippen molar-refractivity contribution in [3.8, 4) is 0 Å². The van der Waals surface area contributed by atoms with Crippen molar-refractivity contribution in [2.45, 2.75) is 25.8 Å². The molecule has 0 bridgehead atoms. The van der Waals surface area contributed by atoms with Crippen LogP contribution in [0.2, 0.25) is 0 Å². The molecular formula is C23H26FN5O2. The summed E-state index contributed by atoms with van der Waals surface area (Å²) in [7, 11) is 0. The Balaban J connectivity index is 1.40. The Hall–Kier alpha value is -3.42. The molecular weight excluding hydrogens is 397 g/mol. The molecule has 1 atom stereocenters. The number of rotatable bonds is 4. The molecule has 2 heterocycles. The van der Waals surface area contributed by atoms with Crippen LogP contribution >= 0.6 is 0 Å². The van der Waals surface area contributed by atoms with Crippen LogP contribution in [0, 0.1) is 5.82 Å². The fourth-order valence-electron chi connectivity index (χ4n) is 3.81. The number of anilines is 2. The molecule has 2 aliphatic rings. The van der Waals surface area contributed by atoms with Crippen LogP contribution in [0.3, 0.4) is 0 Å². The van der Waals surface area contributed by atoms with Crippen molar-refractivity contribution < 1.29 is 14.0 Å². The number of nitrogens with zero attached hydrogens (tertiary/aromatic N) is 3. The highest BCUT2D eigenvalue weighted by Crippen LogP contribution is 2.21. The first-order valence-corrected chi connectivity index (χ1v) is 10.6. The van der Waals surface area contributed by atoms with Gasteiger partial charge in [-0.25, -0.2) is 9.38 Å². The number of guanidine groups is 1. The summed E-state index contributed by atoms with van der Waals surface area (Å²) in [5, 5.41) is 5.63. The molecule has 0 saturated carbocycles. The van der Waals surface area contributed by atoms with Crippen LogP contribution < -0.4 is 15.5 Å². The minimum atomic E-state index is -0.779. The van der Waals surface area contributed by atoms with Crippen LogP contribution in [0.4, 0.5) is 15.8 Å². The lowest BCUT2D eigenvalue weighted by atomic mass is 10.1. The van der Waals surface area contributed by atoms with E-state index in [2.05, 4.69) is 22.5 Å². The monoisotopic (exact) mass is 423 g/mol. The quantitative estimate of drug-likeness (QED) is 0.792. The number of aryl methyl sites for hydroxylation is 1. The minimum Gasteiger partial charge on any atom is -0.366 e. The third kappa shape index (κ3) is 4.84. The number of hydrogen-bond donors (Lipinski definition) is 2. The summed E-state index contributed by atoms with van der Waals surface area (Å²) < 4.78 is 14.1. The largest absolute Gasteiger partial charge is 0.366 e. The summed E-state index contributed by atoms with van der Waals surface area (Å²) in [6.45, 7) is 4.40. The highest BCUT2D eigenvalue weighted by Gasteiger charge is 2.31. The van der Waals surface area contributed by atoms with Gasteiger partial charge in [0.05, 0.1) is 12.1 Å². The molecule has 2 aromatic rings. The van der Waals surface area contributed by atoms with Gasteiger partial charge >= 0.3 is 0 Å². The summed E-state index contributed by atoms with van der Waals surface area (Å²) in [6, 6.07) is 13.6. The average Bonchev–Trinajstić information content (AvgIpc) is 2.79. The fraction of sp³-hybridized carbons (Fsp3) is 0.348. The second-order valence-corrected chi connectivity index (χ2v) is 7.69. The van der Waals surface area contributed by atoms with Gasteiger partial charge in [0.2, 0.25) is 17.8 Å². The number of halogens is 1. The van der Waals surface area contributed by atoms with E-state index in [0.717, 1.165) is 6.42 Å². The lowest BCUT2D eigenvalue weighted by Gasteiger charge is -2.38. The van der Waals surface area contributed by atoms with E-state index < -0.39 is 6.04 Å². The summed E-state index contributed by atoms with van der Waals surface area (Å²) >= 11 is 0. The molecule has 2 amide bonds. The molecule has 0 aromatic heterocycles. The standard InChI is InChI=1S/C23H26FN5O2/c1-2-16-7-9-17(10-8-16)25-22(31)19-15-21(30)27-23(26-19)29-13-11-28(12-14-29)20-6-4-3-5-18(20)24/h3-10,19H,2,11-15H2,1H3,(H,25,31)(H,26,27,30)/t19-/m0/s1. The summed E-state index contributed by atoms with van der Waals surface area (Å²) in [4.78, 5) is 33.4. The van der Waals surface area contributed by atoms with Crippen molar-refractivity contribution in [2.24, 2.45) is 4.99 Å². The van der Waals surface area contributed by atoms with Crippen molar-refractivity contribution in [3.63, 3.8) is 0 Å². The van der Waals surface area contributed by atoms with E-state index >= 15 is 0 Å². The molecule has 0 aliphatic carbocycles. The van der Waals surface area contributed by atoms with Crippen molar-refractivity contribution in [1.82, 2.24) is 10.2 Å². The molecule has 31 heavy (non-hydrogen) atoms. The Morgan fingerprint density at radius 2 is 1.77 bits per heavy atom. The molecule has 162 valence electrons. The molecule has 1 saturated heterocycles. The van der Waals surface area contributed by atoms with Crippen LogP contribution in [0.25, 0.3) is 0 Å². The van der Waals surface area contributed by atoms with E-state index in [4.69, 9.17) is 0 Å². The molecule has 1 fully saturated rings. The first-order valence-electron chi connectivity index (χ1n) is 10.6. The maximum Gasteiger partial charge on any atom is 0.249 e. The van der Waals surface area contributed by atoms with Crippen LogP contribution in [-0.2, 0) is 16.0 Å². The van der Waals surface area contributed by atoms with E-state index in [1.165, 1.54) is 11.6 Å². The van der Waals surface area contributed by atoms with Gasteiger partial charge in [0.25, 0.3) is 0 Å². The zero-order valence-corrected chi connectivity index (χ0v) is 17.5. The SMILES string of the molecule is CCc1ccc(NC(=O)[C@@H]2CC(=O)NC(N3CCN(c4ccccc4F)CC3)=N2)cc1. The van der Waals surface area contributed by atoms with Crippen LogP contribution in [-0.4, -0.2) is 54.9 Å². The number of carbonyl (C=O) groups excluding carboxylic acids is 2. The van der Waals surface area contributed by atoms with Crippen molar-refractivity contribution >= 4 is 29.1 Å². The number of carbonyl (C=O) groups is 2. The van der Waals surface area contributed by atoms with E-state index in [9.17, 15) is 14.0 Å².